The molecule has 3 aromatic carbocycles. The summed E-state index contributed by atoms with van der Waals surface area (Å²) in [4.78, 5) is 15.0. The Morgan fingerprint density at radius 3 is 2.51 bits per heavy atom. The van der Waals surface area contributed by atoms with E-state index in [0.29, 0.717) is 48.4 Å². The van der Waals surface area contributed by atoms with E-state index >= 15 is 0 Å². The first-order valence-electron chi connectivity index (χ1n) is 12.8. The number of halogens is 3. The van der Waals surface area contributed by atoms with Crippen molar-refractivity contribution in [2.45, 2.75) is 33.1 Å². The zero-order valence-electron chi connectivity index (χ0n) is 22.1. The van der Waals surface area contributed by atoms with E-state index < -0.39 is 11.7 Å². The van der Waals surface area contributed by atoms with Gasteiger partial charge >= 0.3 is 6.18 Å². The number of likely N-dealkylation sites (N-methyl/N-ethyl adjacent to an activating group) is 1. The molecule has 0 spiro atoms. The van der Waals surface area contributed by atoms with Crippen molar-refractivity contribution >= 4 is 21.9 Å². The van der Waals surface area contributed by atoms with Crippen LogP contribution < -0.4 is 10.7 Å². The minimum Gasteiger partial charge on any atom is -0.464 e. The summed E-state index contributed by atoms with van der Waals surface area (Å²) in [7, 11) is 1.99. The van der Waals surface area contributed by atoms with Crippen LogP contribution in [0.3, 0.4) is 0 Å². The van der Waals surface area contributed by atoms with Crippen molar-refractivity contribution in [1.29, 1.82) is 0 Å². The molecule has 2 aromatic heterocycles. The zero-order valence-corrected chi connectivity index (χ0v) is 22.1. The van der Waals surface area contributed by atoms with Gasteiger partial charge in [0.1, 0.15) is 5.58 Å². The molecule has 5 aromatic rings. The van der Waals surface area contributed by atoms with Crippen LogP contribution in [-0.4, -0.2) is 29.6 Å². The minimum atomic E-state index is -4.40. The maximum Gasteiger partial charge on any atom is 0.416 e. The van der Waals surface area contributed by atoms with Gasteiger partial charge in [-0.15, -0.1) is 0 Å². The molecule has 8 heteroatoms. The van der Waals surface area contributed by atoms with Gasteiger partial charge in [-0.2, -0.15) is 13.2 Å². The molecule has 39 heavy (non-hydrogen) atoms. The van der Waals surface area contributed by atoms with Gasteiger partial charge in [0, 0.05) is 49.0 Å². The lowest BCUT2D eigenvalue weighted by Gasteiger charge is -2.16. The molecule has 0 bridgehead atoms. The van der Waals surface area contributed by atoms with Crippen LogP contribution in [0.15, 0.2) is 82.3 Å². The van der Waals surface area contributed by atoms with Crippen LogP contribution in [0.1, 0.15) is 27.8 Å². The Hall–Kier alpha value is -3.88. The minimum absolute atomic E-state index is 0.0254. The summed E-state index contributed by atoms with van der Waals surface area (Å²) < 4.78 is 47.4. The van der Waals surface area contributed by atoms with Crippen molar-refractivity contribution in [3.63, 3.8) is 0 Å². The van der Waals surface area contributed by atoms with Gasteiger partial charge in [0.05, 0.1) is 22.7 Å². The number of benzene rings is 3. The van der Waals surface area contributed by atoms with Gasteiger partial charge in [0.25, 0.3) is 0 Å². The van der Waals surface area contributed by atoms with Gasteiger partial charge in [-0.25, -0.2) is 0 Å². The molecule has 1 N–H and O–H groups in total. The van der Waals surface area contributed by atoms with E-state index in [-0.39, 0.29) is 5.43 Å². The average molecular weight is 534 g/mol. The smallest absolute Gasteiger partial charge is 0.416 e. The fourth-order valence-corrected chi connectivity index (χ4v) is 4.83. The third-order valence-electron chi connectivity index (χ3n) is 7.13. The summed E-state index contributed by atoms with van der Waals surface area (Å²) in [5.41, 5.74) is 4.95. The van der Waals surface area contributed by atoms with Crippen LogP contribution in [0.25, 0.3) is 27.6 Å². The highest BCUT2D eigenvalue weighted by Crippen LogP contribution is 2.32. The molecule has 0 fully saturated rings. The molecule has 2 heterocycles. The molecular formula is C31H30F3N3O2. The fourth-order valence-electron chi connectivity index (χ4n) is 4.83. The summed E-state index contributed by atoms with van der Waals surface area (Å²) >= 11 is 0. The normalized spacial score (nSPS) is 12.2. The summed E-state index contributed by atoms with van der Waals surface area (Å²) in [6, 6.07) is 16.9. The lowest BCUT2D eigenvalue weighted by molar-refractivity contribution is -0.137. The molecule has 0 aliphatic heterocycles. The van der Waals surface area contributed by atoms with E-state index in [0.717, 1.165) is 33.7 Å². The van der Waals surface area contributed by atoms with Crippen molar-refractivity contribution in [3.8, 4) is 5.69 Å². The summed E-state index contributed by atoms with van der Waals surface area (Å²) in [6.07, 6.45) is -0.965. The Balaban J connectivity index is 1.26. The lowest BCUT2D eigenvalue weighted by atomic mass is 10.1. The van der Waals surface area contributed by atoms with Gasteiger partial charge in [-0.3, -0.25) is 4.79 Å². The van der Waals surface area contributed by atoms with Crippen LogP contribution in [0, 0.1) is 13.8 Å². The van der Waals surface area contributed by atoms with E-state index in [2.05, 4.69) is 10.2 Å². The van der Waals surface area contributed by atoms with E-state index in [9.17, 15) is 18.0 Å². The number of alkyl halides is 3. The Kier molecular flexibility index (Phi) is 7.34. The Bertz CT molecular complexity index is 1700. The third kappa shape index (κ3) is 5.62. The van der Waals surface area contributed by atoms with Gasteiger partial charge < -0.3 is 19.2 Å². The van der Waals surface area contributed by atoms with E-state index in [1.165, 1.54) is 18.4 Å². The average Bonchev–Trinajstić information content (AvgIpc) is 3.27. The van der Waals surface area contributed by atoms with Crippen molar-refractivity contribution in [2.75, 3.05) is 20.1 Å². The number of aryl methyl sites for hydroxylation is 2. The zero-order chi connectivity index (χ0) is 27.7. The van der Waals surface area contributed by atoms with Crippen LogP contribution in [-0.2, 0) is 19.3 Å². The van der Waals surface area contributed by atoms with Crippen LogP contribution in [0.5, 0.6) is 0 Å². The monoisotopic (exact) mass is 533 g/mol. The second kappa shape index (κ2) is 10.7. The maximum atomic E-state index is 13.3. The molecular weight excluding hydrogens is 503 g/mol. The van der Waals surface area contributed by atoms with Crippen molar-refractivity contribution in [3.05, 3.63) is 111 Å². The summed E-state index contributed by atoms with van der Waals surface area (Å²) in [5, 5.41) is 4.91. The van der Waals surface area contributed by atoms with E-state index in [1.54, 1.807) is 6.07 Å². The van der Waals surface area contributed by atoms with Crippen molar-refractivity contribution in [2.24, 2.45) is 0 Å². The number of nitrogens with zero attached hydrogens (tertiary/aromatic N) is 2. The highest BCUT2D eigenvalue weighted by molar-refractivity contribution is 5.85. The van der Waals surface area contributed by atoms with E-state index in [1.807, 2.05) is 68.1 Å². The van der Waals surface area contributed by atoms with Gasteiger partial charge in [0.15, 0.2) is 5.43 Å². The number of hydrogen-bond acceptors (Lipinski definition) is 4. The SMILES string of the molecule is Cc1cc2occ(CNCCN(C)Cc3cn(-c4cccc(C(F)(F)F)c4)c4ccccc34)c(=O)c2cc1C. The molecule has 0 atom stereocenters. The number of para-hydroxylation sites is 1. The second-order valence-electron chi connectivity index (χ2n) is 10.0. The predicted octanol–water partition coefficient (Wildman–Crippen LogP) is 6.59. The van der Waals surface area contributed by atoms with Crippen LogP contribution in [0.4, 0.5) is 13.2 Å². The summed E-state index contributed by atoms with van der Waals surface area (Å²) in [6.45, 7) is 6.34. The third-order valence-corrected chi connectivity index (χ3v) is 7.13. The molecule has 0 aliphatic rings. The van der Waals surface area contributed by atoms with Gasteiger partial charge in [-0.05, 0) is 74.0 Å². The van der Waals surface area contributed by atoms with Crippen LogP contribution in [0.2, 0.25) is 0 Å². The Labute approximate surface area is 224 Å². The largest absolute Gasteiger partial charge is 0.464 e. The first kappa shape index (κ1) is 26.7. The number of fused-ring (bicyclic) bond motifs is 2. The van der Waals surface area contributed by atoms with Gasteiger partial charge in [0.2, 0.25) is 0 Å². The second-order valence-corrected chi connectivity index (χ2v) is 10.0. The molecule has 0 radical (unpaired) electrons. The maximum absolute atomic E-state index is 13.3. The summed E-state index contributed by atoms with van der Waals surface area (Å²) in [5.74, 6) is 0. The number of hydrogen-bond donors (Lipinski definition) is 1. The van der Waals surface area contributed by atoms with Gasteiger partial charge in [-0.1, -0.05) is 24.3 Å². The first-order chi connectivity index (χ1) is 18.6. The molecule has 0 aliphatic carbocycles. The quantitative estimate of drug-likeness (QED) is 0.229. The lowest BCUT2D eigenvalue weighted by Crippen LogP contribution is -2.29. The molecule has 5 nitrogen and oxygen atoms in total. The highest BCUT2D eigenvalue weighted by atomic mass is 19.4. The fraction of sp³-hybridized carbons (Fsp3) is 0.258. The molecule has 0 saturated heterocycles. The number of aromatic nitrogens is 1. The Morgan fingerprint density at radius 1 is 0.949 bits per heavy atom. The first-order valence-corrected chi connectivity index (χ1v) is 12.8. The topological polar surface area (TPSA) is 50.4 Å². The van der Waals surface area contributed by atoms with Crippen LogP contribution >= 0.6 is 0 Å². The molecule has 5 rings (SSSR count). The number of nitrogens with one attached hydrogen (secondary N) is 1. The van der Waals surface area contributed by atoms with E-state index in [4.69, 9.17) is 4.42 Å². The molecule has 0 amide bonds. The predicted molar refractivity (Wildman–Crippen MR) is 148 cm³/mol. The van der Waals surface area contributed by atoms with Crippen molar-refractivity contribution < 1.29 is 17.6 Å². The molecule has 0 unspecified atom stereocenters. The standard InChI is InChI=1S/C31H30F3N3O2/c1-20-13-27-29(14-21(20)2)39-19-22(30(27)38)16-35-11-12-36(3)17-23-18-37(28-10-5-4-9-26(23)28)25-8-6-7-24(15-25)31(32,33)34/h4-10,13-15,18-19,35H,11-12,16-17H2,1-3H3. The van der Waals surface area contributed by atoms with Crippen molar-refractivity contribution in [1.82, 2.24) is 14.8 Å². The highest BCUT2D eigenvalue weighted by Gasteiger charge is 2.30. The Morgan fingerprint density at radius 2 is 1.72 bits per heavy atom. The molecule has 0 saturated carbocycles. The molecule has 202 valence electrons. The number of rotatable bonds is 8.